The molecule has 0 bridgehead atoms. The van der Waals surface area contributed by atoms with Crippen LogP contribution in [-0.2, 0) is 0 Å². The Labute approximate surface area is 196 Å². The van der Waals surface area contributed by atoms with E-state index in [2.05, 4.69) is 25.5 Å². The lowest BCUT2D eigenvalue weighted by atomic mass is 9.79. The Morgan fingerprint density at radius 1 is 1.15 bits per heavy atom. The van der Waals surface area contributed by atoms with Crippen LogP contribution >= 0.6 is 0 Å². The largest absolute Gasteiger partial charge is 0.397 e. The fourth-order valence-corrected chi connectivity index (χ4v) is 5.03. The summed E-state index contributed by atoms with van der Waals surface area (Å²) in [6, 6.07) is 8.27. The number of nitrogen functional groups attached to an aromatic ring is 1. The first kappa shape index (κ1) is 22.2. The molecular formula is C25H26F2N6O. The van der Waals surface area contributed by atoms with Gasteiger partial charge in [0.15, 0.2) is 5.69 Å². The van der Waals surface area contributed by atoms with Crippen molar-refractivity contribution in [2.75, 3.05) is 42.1 Å². The number of nitrogens with zero attached hydrogens (tertiary/aromatic N) is 3. The van der Waals surface area contributed by atoms with Gasteiger partial charge in [0, 0.05) is 31.2 Å². The van der Waals surface area contributed by atoms with Crippen molar-refractivity contribution < 1.29 is 13.6 Å². The van der Waals surface area contributed by atoms with Crippen LogP contribution in [0.15, 0.2) is 48.8 Å². The van der Waals surface area contributed by atoms with Crippen molar-refractivity contribution >= 4 is 23.0 Å². The number of benzene rings is 1. The van der Waals surface area contributed by atoms with Crippen molar-refractivity contribution in [3.63, 3.8) is 0 Å². The minimum Gasteiger partial charge on any atom is -0.397 e. The number of anilines is 3. The van der Waals surface area contributed by atoms with Crippen LogP contribution in [0.4, 0.5) is 25.8 Å². The zero-order valence-electron chi connectivity index (χ0n) is 18.7. The van der Waals surface area contributed by atoms with E-state index >= 15 is 0 Å². The second-order valence-electron chi connectivity index (χ2n) is 9.03. The second kappa shape index (κ2) is 8.98. The third-order valence-electron chi connectivity index (χ3n) is 6.74. The Kier molecular flexibility index (Phi) is 5.87. The van der Waals surface area contributed by atoms with Gasteiger partial charge in [-0.05, 0) is 56.1 Å². The first-order chi connectivity index (χ1) is 16.5. The average molecular weight is 465 g/mol. The smallest absolute Gasteiger partial charge is 0.276 e. The summed E-state index contributed by atoms with van der Waals surface area (Å²) in [7, 11) is 0. The lowest BCUT2D eigenvalue weighted by molar-refractivity contribution is 0.102. The number of hydrogen-bond acceptors (Lipinski definition) is 6. The molecule has 2 fully saturated rings. The molecule has 1 spiro atoms. The number of piperidine rings is 1. The molecule has 4 heterocycles. The topological polar surface area (TPSA) is 96.2 Å². The van der Waals surface area contributed by atoms with Crippen molar-refractivity contribution in [1.29, 1.82) is 0 Å². The van der Waals surface area contributed by atoms with Crippen molar-refractivity contribution in [3.05, 3.63) is 66.1 Å². The number of halogens is 2. The van der Waals surface area contributed by atoms with Crippen LogP contribution in [0.3, 0.4) is 0 Å². The molecule has 2 saturated heterocycles. The van der Waals surface area contributed by atoms with Crippen molar-refractivity contribution in [1.82, 2.24) is 15.3 Å². The summed E-state index contributed by atoms with van der Waals surface area (Å²) < 4.78 is 28.5. The quantitative estimate of drug-likeness (QED) is 0.543. The molecule has 1 aromatic carbocycles. The number of aromatic nitrogens is 2. The van der Waals surface area contributed by atoms with Crippen LogP contribution < -0.4 is 21.3 Å². The first-order valence-electron chi connectivity index (χ1n) is 11.4. The SMILES string of the molecule is Nc1ccc(-c2c(F)cccc2F)nc1C(=O)Nc1cnccc1N1CCCC2(CCNC2)C1. The van der Waals surface area contributed by atoms with Crippen molar-refractivity contribution in [2.45, 2.75) is 19.3 Å². The predicted molar refractivity (Wildman–Crippen MR) is 128 cm³/mol. The van der Waals surface area contributed by atoms with E-state index in [-0.39, 0.29) is 28.1 Å². The number of carbonyl (C=O) groups excluding carboxylic acids is 1. The molecule has 7 nitrogen and oxygen atoms in total. The van der Waals surface area contributed by atoms with Crippen LogP contribution in [0.1, 0.15) is 29.8 Å². The summed E-state index contributed by atoms with van der Waals surface area (Å²) in [5.74, 6) is -2.10. The van der Waals surface area contributed by atoms with Gasteiger partial charge in [0.1, 0.15) is 11.6 Å². The molecule has 0 radical (unpaired) electrons. The summed E-state index contributed by atoms with van der Waals surface area (Å²) in [6.07, 6.45) is 6.69. The van der Waals surface area contributed by atoms with Gasteiger partial charge >= 0.3 is 0 Å². The summed E-state index contributed by atoms with van der Waals surface area (Å²) in [5, 5.41) is 6.33. The fraction of sp³-hybridized carbons (Fsp3) is 0.320. The number of rotatable bonds is 4. The zero-order valence-corrected chi connectivity index (χ0v) is 18.7. The van der Waals surface area contributed by atoms with E-state index in [0.29, 0.717) is 5.69 Å². The molecule has 2 aliphatic rings. The van der Waals surface area contributed by atoms with Gasteiger partial charge in [-0.1, -0.05) is 6.07 Å². The maximum atomic E-state index is 14.3. The fourth-order valence-electron chi connectivity index (χ4n) is 5.03. The highest BCUT2D eigenvalue weighted by molar-refractivity contribution is 6.08. The molecule has 176 valence electrons. The van der Waals surface area contributed by atoms with E-state index in [1.54, 1.807) is 12.4 Å². The van der Waals surface area contributed by atoms with E-state index < -0.39 is 17.5 Å². The molecule has 4 N–H and O–H groups in total. The summed E-state index contributed by atoms with van der Waals surface area (Å²) in [5.41, 5.74) is 7.37. The molecule has 0 aliphatic carbocycles. The summed E-state index contributed by atoms with van der Waals surface area (Å²) in [4.78, 5) is 23.8. The van der Waals surface area contributed by atoms with E-state index in [0.717, 1.165) is 56.8 Å². The van der Waals surface area contributed by atoms with Crippen LogP contribution in [0.25, 0.3) is 11.3 Å². The number of pyridine rings is 2. The molecule has 2 aliphatic heterocycles. The van der Waals surface area contributed by atoms with Crippen LogP contribution in [-0.4, -0.2) is 42.1 Å². The maximum Gasteiger partial charge on any atom is 0.276 e. The van der Waals surface area contributed by atoms with Gasteiger partial charge in [-0.2, -0.15) is 0 Å². The van der Waals surface area contributed by atoms with Gasteiger partial charge in [-0.25, -0.2) is 13.8 Å². The molecule has 9 heteroatoms. The standard InChI is InChI=1S/C25H26F2N6O/c26-16-3-1-4-17(27)22(16)19-6-5-18(28)23(31-19)24(34)32-20-13-29-10-7-21(20)33-12-2-8-25(15-33)9-11-30-14-25/h1,3-7,10,13,30H,2,8-9,11-12,14-15,28H2,(H,32,34). The molecule has 5 rings (SSSR count). The van der Waals surface area contributed by atoms with E-state index in [1.165, 1.54) is 24.6 Å². The third kappa shape index (κ3) is 4.19. The molecule has 0 saturated carbocycles. The Morgan fingerprint density at radius 2 is 1.97 bits per heavy atom. The number of nitrogens with one attached hydrogen (secondary N) is 2. The van der Waals surface area contributed by atoms with Crippen LogP contribution in [0.5, 0.6) is 0 Å². The van der Waals surface area contributed by atoms with Gasteiger partial charge in [-0.15, -0.1) is 0 Å². The summed E-state index contributed by atoms with van der Waals surface area (Å²) >= 11 is 0. The Balaban J connectivity index is 1.43. The molecule has 1 unspecified atom stereocenters. The normalized spacial score (nSPS) is 20.0. The highest BCUT2D eigenvalue weighted by Crippen LogP contribution is 2.39. The minimum absolute atomic E-state index is 0.00642. The van der Waals surface area contributed by atoms with Gasteiger partial charge < -0.3 is 21.3 Å². The average Bonchev–Trinajstić information content (AvgIpc) is 3.27. The van der Waals surface area contributed by atoms with Gasteiger partial charge in [0.25, 0.3) is 5.91 Å². The minimum atomic E-state index is -0.765. The third-order valence-corrected chi connectivity index (χ3v) is 6.74. The highest BCUT2D eigenvalue weighted by Gasteiger charge is 2.38. The number of carbonyl (C=O) groups is 1. The molecule has 3 aromatic rings. The Bertz CT molecular complexity index is 1210. The molecular weight excluding hydrogens is 438 g/mol. The van der Waals surface area contributed by atoms with Gasteiger partial charge in [0.2, 0.25) is 0 Å². The Hall–Kier alpha value is -3.59. The number of hydrogen-bond donors (Lipinski definition) is 3. The molecule has 2 aromatic heterocycles. The molecule has 1 amide bonds. The van der Waals surface area contributed by atoms with E-state index in [9.17, 15) is 13.6 Å². The predicted octanol–water partition coefficient (Wildman–Crippen LogP) is 3.84. The van der Waals surface area contributed by atoms with Gasteiger partial charge in [0.05, 0.1) is 34.5 Å². The summed E-state index contributed by atoms with van der Waals surface area (Å²) in [6.45, 7) is 3.81. The molecule has 1 atom stereocenters. The molecule has 34 heavy (non-hydrogen) atoms. The highest BCUT2D eigenvalue weighted by atomic mass is 19.1. The Morgan fingerprint density at radius 3 is 2.74 bits per heavy atom. The van der Waals surface area contributed by atoms with Crippen LogP contribution in [0, 0.1) is 17.0 Å². The van der Waals surface area contributed by atoms with Crippen molar-refractivity contribution in [2.24, 2.45) is 5.41 Å². The second-order valence-corrected chi connectivity index (χ2v) is 9.03. The first-order valence-corrected chi connectivity index (χ1v) is 11.4. The maximum absolute atomic E-state index is 14.3. The number of nitrogens with two attached hydrogens (primary N) is 1. The lowest BCUT2D eigenvalue weighted by Crippen LogP contribution is -2.44. The zero-order chi connectivity index (χ0) is 23.7. The van der Waals surface area contributed by atoms with Crippen molar-refractivity contribution in [3.8, 4) is 11.3 Å². The number of amides is 1. The van der Waals surface area contributed by atoms with Gasteiger partial charge in [-0.3, -0.25) is 9.78 Å². The van der Waals surface area contributed by atoms with Crippen LogP contribution in [0.2, 0.25) is 0 Å². The lowest BCUT2D eigenvalue weighted by Gasteiger charge is -2.41. The van der Waals surface area contributed by atoms with E-state index in [4.69, 9.17) is 5.73 Å². The monoisotopic (exact) mass is 464 g/mol. The van der Waals surface area contributed by atoms with E-state index in [1.807, 2.05) is 6.07 Å².